The van der Waals surface area contributed by atoms with E-state index in [0.29, 0.717) is 6.42 Å². The van der Waals surface area contributed by atoms with E-state index in [1.54, 1.807) is 6.26 Å². The molecule has 0 radical (unpaired) electrons. The van der Waals surface area contributed by atoms with E-state index in [-0.39, 0.29) is 5.78 Å². The highest BCUT2D eigenvalue weighted by Crippen LogP contribution is 2.24. The van der Waals surface area contributed by atoms with Crippen molar-refractivity contribution in [1.29, 1.82) is 0 Å². The van der Waals surface area contributed by atoms with Gasteiger partial charge in [-0.25, -0.2) is 0 Å². The van der Waals surface area contributed by atoms with Gasteiger partial charge in [-0.15, -0.1) is 0 Å². The minimum atomic E-state index is 0.258. The molecule has 0 atom stereocenters. The lowest BCUT2D eigenvalue weighted by molar-refractivity contribution is 0.0981. The molecule has 12 heavy (non-hydrogen) atoms. The van der Waals surface area contributed by atoms with Crippen molar-refractivity contribution in [3.8, 4) is 0 Å². The monoisotopic (exact) mass is 164 g/mol. The second kappa shape index (κ2) is 2.77. The number of ketones is 1. The van der Waals surface area contributed by atoms with Gasteiger partial charge >= 0.3 is 0 Å². The molecular weight excluding hydrogens is 152 g/mol. The molecule has 1 aromatic rings. The molecule has 0 fully saturated rings. The van der Waals surface area contributed by atoms with E-state index in [2.05, 4.69) is 0 Å². The number of furan rings is 1. The third-order valence-electron chi connectivity index (χ3n) is 2.39. The first-order chi connectivity index (χ1) is 5.79. The van der Waals surface area contributed by atoms with Crippen LogP contribution < -0.4 is 0 Å². The summed E-state index contributed by atoms with van der Waals surface area (Å²) in [6.45, 7) is 1.94. The molecule has 0 aliphatic heterocycles. The first kappa shape index (κ1) is 7.59. The van der Waals surface area contributed by atoms with E-state index in [0.717, 1.165) is 36.1 Å². The van der Waals surface area contributed by atoms with Gasteiger partial charge in [0, 0.05) is 12.8 Å². The van der Waals surface area contributed by atoms with E-state index in [1.807, 2.05) is 6.92 Å². The van der Waals surface area contributed by atoms with Crippen molar-refractivity contribution < 1.29 is 9.21 Å². The number of rotatable bonds is 0. The van der Waals surface area contributed by atoms with Crippen molar-refractivity contribution in [3.63, 3.8) is 0 Å². The van der Waals surface area contributed by atoms with Crippen molar-refractivity contribution in [1.82, 2.24) is 0 Å². The molecule has 1 aliphatic rings. The Hall–Kier alpha value is -1.05. The lowest BCUT2D eigenvalue weighted by Gasteiger charge is -1.94. The fourth-order valence-electron chi connectivity index (χ4n) is 1.75. The molecule has 0 N–H and O–H groups in total. The van der Waals surface area contributed by atoms with E-state index in [9.17, 15) is 4.79 Å². The largest absolute Gasteiger partial charge is 0.468 e. The molecule has 0 saturated heterocycles. The summed E-state index contributed by atoms with van der Waals surface area (Å²) in [5, 5.41) is 0. The van der Waals surface area contributed by atoms with Crippen LogP contribution in [-0.4, -0.2) is 5.78 Å². The molecule has 0 bridgehead atoms. The van der Waals surface area contributed by atoms with Crippen LogP contribution in [0.15, 0.2) is 10.7 Å². The minimum Gasteiger partial charge on any atom is -0.468 e. The second-order valence-electron chi connectivity index (χ2n) is 3.35. The van der Waals surface area contributed by atoms with E-state index >= 15 is 0 Å². The quantitative estimate of drug-likeness (QED) is 0.551. The maximum Gasteiger partial charge on any atom is 0.166 e. The molecule has 0 unspecified atom stereocenters. The fraction of sp³-hybridized carbons (Fsp3) is 0.500. The van der Waals surface area contributed by atoms with Crippen molar-refractivity contribution in [2.24, 2.45) is 0 Å². The molecule has 1 aromatic heterocycles. The van der Waals surface area contributed by atoms with Gasteiger partial charge < -0.3 is 4.42 Å². The third kappa shape index (κ3) is 1.07. The molecule has 1 aliphatic carbocycles. The Morgan fingerprint density at radius 2 is 2.08 bits per heavy atom. The first-order valence-electron chi connectivity index (χ1n) is 4.39. The van der Waals surface area contributed by atoms with Gasteiger partial charge in [0.15, 0.2) is 5.78 Å². The molecule has 1 heterocycles. The van der Waals surface area contributed by atoms with Gasteiger partial charge in [0.25, 0.3) is 0 Å². The van der Waals surface area contributed by atoms with Crippen molar-refractivity contribution in [2.75, 3.05) is 0 Å². The summed E-state index contributed by atoms with van der Waals surface area (Å²) >= 11 is 0. The Bertz CT molecular complexity index is 310. The zero-order valence-corrected chi connectivity index (χ0v) is 7.22. The van der Waals surface area contributed by atoms with Crippen LogP contribution >= 0.6 is 0 Å². The van der Waals surface area contributed by atoms with Gasteiger partial charge in [0.1, 0.15) is 5.76 Å². The number of Topliss-reactive ketones (excluding diaryl/α,β-unsaturated/α-hetero) is 1. The Morgan fingerprint density at radius 1 is 1.33 bits per heavy atom. The van der Waals surface area contributed by atoms with Crippen LogP contribution in [0.4, 0.5) is 0 Å². The zero-order valence-electron chi connectivity index (χ0n) is 7.22. The average molecular weight is 164 g/mol. The van der Waals surface area contributed by atoms with Crippen LogP contribution in [0.5, 0.6) is 0 Å². The van der Waals surface area contributed by atoms with Crippen molar-refractivity contribution in [3.05, 3.63) is 23.2 Å². The molecule has 0 aromatic carbocycles. The standard InChI is InChI=1S/C10H12O2/c1-7-6-12-9-5-3-2-4-8(11)10(7)9/h6H,2-5H2,1H3. The molecule has 0 spiro atoms. The van der Waals surface area contributed by atoms with Crippen LogP contribution in [0.25, 0.3) is 0 Å². The van der Waals surface area contributed by atoms with E-state index in [4.69, 9.17) is 4.42 Å². The van der Waals surface area contributed by atoms with Gasteiger partial charge in [-0.2, -0.15) is 0 Å². The van der Waals surface area contributed by atoms with Gasteiger partial charge in [0.2, 0.25) is 0 Å². The predicted molar refractivity (Wildman–Crippen MR) is 45.3 cm³/mol. The Kier molecular flexibility index (Phi) is 1.75. The average Bonchev–Trinajstić information content (AvgIpc) is 2.29. The molecular formula is C10H12O2. The number of carbonyl (C=O) groups excluding carboxylic acids is 1. The summed E-state index contributed by atoms with van der Waals surface area (Å²) in [5.41, 5.74) is 1.85. The van der Waals surface area contributed by atoms with Gasteiger partial charge in [-0.05, 0) is 25.3 Å². The van der Waals surface area contributed by atoms with Gasteiger partial charge in [-0.1, -0.05) is 0 Å². The summed E-state index contributed by atoms with van der Waals surface area (Å²) < 4.78 is 5.32. The van der Waals surface area contributed by atoms with Crippen LogP contribution in [0.2, 0.25) is 0 Å². The van der Waals surface area contributed by atoms with E-state index < -0.39 is 0 Å². The predicted octanol–water partition coefficient (Wildman–Crippen LogP) is 2.50. The summed E-state index contributed by atoms with van der Waals surface area (Å²) in [6.07, 6.45) is 5.38. The second-order valence-corrected chi connectivity index (χ2v) is 3.35. The Labute approximate surface area is 71.6 Å². The number of aryl methyl sites for hydroxylation is 2. The van der Waals surface area contributed by atoms with Gasteiger partial charge in [-0.3, -0.25) is 4.79 Å². The topological polar surface area (TPSA) is 30.2 Å². The number of carbonyl (C=O) groups is 1. The maximum atomic E-state index is 11.5. The number of hydrogen-bond acceptors (Lipinski definition) is 2. The fourth-order valence-corrected chi connectivity index (χ4v) is 1.75. The molecule has 0 amide bonds. The highest BCUT2D eigenvalue weighted by atomic mass is 16.3. The molecule has 2 nitrogen and oxygen atoms in total. The normalized spacial score (nSPS) is 17.2. The summed E-state index contributed by atoms with van der Waals surface area (Å²) in [6, 6.07) is 0. The van der Waals surface area contributed by atoms with Crippen LogP contribution in [0.1, 0.15) is 40.9 Å². The molecule has 64 valence electrons. The minimum absolute atomic E-state index is 0.258. The van der Waals surface area contributed by atoms with Crippen molar-refractivity contribution in [2.45, 2.75) is 32.6 Å². The smallest absolute Gasteiger partial charge is 0.166 e. The lowest BCUT2D eigenvalue weighted by atomic mass is 10.1. The highest BCUT2D eigenvalue weighted by Gasteiger charge is 2.20. The van der Waals surface area contributed by atoms with E-state index in [1.165, 1.54) is 0 Å². The van der Waals surface area contributed by atoms with Gasteiger partial charge in [0.05, 0.1) is 11.8 Å². The summed E-state index contributed by atoms with van der Waals surface area (Å²) in [4.78, 5) is 11.5. The molecule has 2 heteroatoms. The molecule has 0 saturated carbocycles. The first-order valence-corrected chi connectivity index (χ1v) is 4.39. The summed E-state index contributed by atoms with van der Waals surface area (Å²) in [5.74, 6) is 1.16. The summed E-state index contributed by atoms with van der Waals surface area (Å²) in [7, 11) is 0. The Balaban J connectivity index is 2.49. The SMILES string of the molecule is Cc1coc2c1C(=O)CCCC2. The zero-order chi connectivity index (χ0) is 8.55. The highest BCUT2D eigenvalue weighted by molar-refractivity contribution is 5.98. The number of fused-ring (bicyclic) bond motifs is 1. The third-order valence-corrected chi connectivity index (χ3v) is 2.39. The van der Waals surface area contributed by atoms with Crippen LogP contribution in [0, 0.1) is 6.92 Å². The number of hydrogen-bond donors (Lipinski definition) is 0. The maximum absolute atomic E-state index is 11.5. The van der Waals surface area contributed by atoms with Crippen LogP contribution in [-0.2, 0) is 6.42 Å². The molecule has 2 rings (SSSR count). The lowest BCUT2D eigenvalue weighted by Crippen LogP contribution is -1.98. The van der Waals surface area contributed by atoms with Crippen LogP contribution in [0.3, 0.4) is 0 Å². The van der Waals surface area contributed by atoms with Crippen molar-refractivity contribution >= 4 is 5.78 Å². The Morgan fingerprint density at radius 3 is 2.92 bits per heavy atom.